The van der Waals surface area contributed by atoms with Crippen molar-refractivity contribution in [3.8, 4) is 0 Å². The van der Waals surface area contributed by atoms with Crippen LogP contribution in [0.25, 0.3) is 11.0 Å². The van der Waals surface area contributed by atoms with Gasteiger partial charge in [0.25, 0.3) is 0 Å². The van der Waals surface area contributed by atoms with E-state index in [0.29, 0.717) is 12.1 Å². The largest absolute Gasteiger partial charge is 0.475 e. The normalized spacial score (nSPS) is 10.8. The molecule has 0 aliphatic heterocycles. The number of benzene rings is 2. The van der Waals surface area contributed by atoms with Crippen molar-refractivity contribution in [1.82, 2.24) is 9.55 Å². The van der Waals surface area contributed by atoms with E-state index in [0.717, 1.165) is 16.6 Å². The van der Waals surface area contributed by atoms with Crippen LogP contribution in [0, 0.1) is 6.92 Å². The number of para-hydroxylation sites is 2. The molecule has 1 N–H and O–H groups in total. The molecule has 0 fully saturated rings. The monoisotopic (exact) mass is 266 g/mol. The van der Waals surface area contributed by atoms with Crippen molar-refractivity contribution in [2.45, 2.75) is 13.5 Å². The Morgan fingerprint density at radius 3 is 2.60 bits per heavy atom. The average Bonchev–Trinajstić information content (AvgIpc) is 2.81. The fraction of sp³-hybridized carbons (Fsp3) is 0.125. The molecular weight excluding hydrogens is 252 g/mol. The van der Waals surface area contributed by atoms with Crippen molar-refractivity contribution in [1.29, 1.82) is 0 Å². The van der Waals surface area contributed by atoms with Gasteiger partial charge < -0.3 is 9.67 Å². The molecule has 0 bridgehead atoms. The Balaban J connectivity index is 2.17. The number of hydrogen-bond donors (Lipinski definition) is 1. The number of rotatable bonds is 3. The lowest BCUT2D eigenvalue weighted by atomic mass is 10.1. The maximum atomic E-state index is 11.4. The number of nitrogens with zero attached hydrogens (tertiary/aromatic N) is 2. The van der Waals surface area contributed by atoms with E-state index in [1.54, 1.807) is 4.57 Å². The summed E-state index contributed by atoms with van der Waals surface area (Å²) in [6.07, 6.45) is 0. The fourth-order valence-electron chi connectivity index (χ4n) is 2.36. The summed E-state index contributed by atoms with van der Waals surface area (Å²) in [6, 6.07) is 15.4. The minimum Gasteiger partial charge on any atom is -0.475 e. The summed E-state index contributed by atoms with van der Waals surface area (Å²) in [6.45, 7) is 2.53. The quantitative estimate of drug-likeness (QED) is 0.792. The van der Waals surface area contributed by atoms with Gasteiger partial charge in [-0.3, -0.25) is 0 Å². The lowest BCUT2D eigenvalue weighted by Crippen LogP contribution is -2.11. The molecule has 0 spiro atoms. The Kier molecular flexibility index (Phi) is 2.99. The second-order valence-corrected chi connectivity index (χ2v) is 4.74. The second-order valence-electron chi connectivity index (χ2n) is 4.74. The first-order valence-corrected chi connectivity index (χ1v) is 6.40. The first kappa shape index (κ1) is 12.4. The van der Waals surface area contributed by atoms with Gasteiger partial charge in [-0.2, -0.15) is 0 Å². The standard InChI is InChI=1S/C16H14N2O2/c1-11-6-2-3-7-12(11)10-18-14-9-5-4-8-13(14)17-15(18)16(19)20/h2-9H,10H2,1H3,(H,19,20). The molecular formula is C16H14N2O2. The van der Waals surface area contributed by atoms with Gasteiger partial charge in [-0.15, -0.1) is 0 Å². The number of aromatic nitrogens is 2. The zero-order chi connectivity index (χ0) is 14.1. The van der Waals surface area contributed by atoms with Crippen LogP contribution in [0.5, 0.6) is 0 Å². The van der Waals surface area contributed by atoms with Gasteiger partial charge >= 0.3 is 5.97 Å². The predicted octanol–water partition coefficient (Wildman–Crippen LogP) is 3.09. The van der Waals surface area contributed by atoms with Crippen LogP contribution in [0.2, 0.25) is 0 Å². The Morgan fingerprint density at radius 1 is 1.15 bits per heavy atom. The van der Waals surface area contributed by atoms with Crippen LogP contribution >= 0.6 is 0 Å². The topological polar surface area (TPSA) is 55.1 Å². The van der Waals surface area contributed by atoms with Crippen molar-refractivity contribution < 1.29 is 9.90 Å². The Labute approximate surface area is 116 Å². The molecule has 0 radical (unpaired) electrons. The van der Waals surface area contributed by atoms with Gasteiger partial charge in [-0.05, 0) is 30.2 Å². The SMILES string of the molecule is Cc1ccccc1Cn1c(C(=O)O)nc2ccccc21. The number of carbonyl (C=O) groups is 1. The van der Waals surface area contributed by atoms with E-state index in [-0.39, 0.29) is 5.82 Å². The lowest BCUT2D eigenvalue weighted by molar-refractivity contribution is 0.0679. The summed E-state index contributed by atoms with van der Waals surface area (Å²) >= 11 is 0. The smallest absolute Gasteiger partial charge is 0.372 e. The lowest BCUT2D eigenvalue weighted by Gasteiger charge is -2.09. The average molecular weight is 266 g/mol. The van der Waals surface area contributed by atoms with Gasteiger partial charge in [0.05, 0.1) is 17.6 Å². The summed E-state index contributed by atoms with van der Waals surface area (Å²) in [5.41, 5.74) is 3.78. The van der Waals surface area contributed by atoms with Gasteiger partial charge in [0, 0.05) is 0 Å². The molecule has 0 aliphatic carbocycles. The van der Waals surface area contributed by atoms with Crippen molar-refractivity contribution in [2.75, 3.05) is 0 Å². The Bertz CT molecular complexity index is 790. The third-order valence-corrected chi connectivity index (χ3v) is 3.44. The molecule has 0 atom stereocenters. The third kappa shape index (κ3) is 2.05. The van der Waals surface area contributed by atoms with Crippen molar-refractivity contribution >= 4 is 17.0 Å². The maximum Gasteiger partial charge on any atom is 0.372 e. The Morgan fingerprint density at radius 2 is 1.85 bits per heavy atom. The summed E-state index contributed by atoms with van der Waals surface area (Å²) in [5.74, 6) is -0.927. The van der Waals surface area contributed by atoms with Crippen LogP contribution in [-0.2, 0) is 6.54 Å². The highest BCUT2D eigenvalue weighted by Crippen LogP contribution is 2.19. The van der Waals surface area contributed by atoms with Crippen molar-refractivity contribution in [2.24, 2.45) is 0 Å². The van der Waals surface area contributed by atoms with E-state index < -0.39 is 5.97 Å². The summed E-state index contributed by atoms with van der Waals surface area (Å²) in [7, 11) is 0. The number of carboxylic acids is 1. The summed E-state index contributed by atoms with van der Waals surface area (Å²) < 4.78 is 1.75. The minimum absolute atomic E-state index is 0.0782. The van der Waals surface area contributed by atoms with Crippen LogP contribution in [0.1, 0.15) is 21.7 Å². The number of imidazole rings is 1. The zero-order valence-corrected chi connectivity index (χ0v) is 11.1. The van der Waals surface area contributed by atoms with Crippen LogP contribution in [0.4, 0.5) is 0 Å². The van der Waals surface area contributed by atoms with Gasteiger partial charge in [0.1, 0.15) is 0 Å². The van der Waals surface area contributed by atoms with Gasteiger partial charge in [-0.1, -0.05) is 36.4 Å². The Hall–Kier alpha value is -2.62. The molecule has 3 aromatic rings. The molecule has 1 heterocycles. The second kappa shape index (κ2) is 4.81. The molecule has 20 heavy (non-hydrogen) atoms. The van der Waals surface area contributed by atoms with Gasteiger partial charge in [0.2, 0.25) is 5.82 Å². The van der Waals surface area contributed by atoms with E-state index in [1.165, 1.54) is 0 Å². The number of aryl methyl sites for hydroxylation is 1. The molecule has 4 heteroatoms. The number of fused-ring (bicyclic) bond motifs is 1. The molecule has 0 aliphatic rings. The van der Waals surface area contributed by atoms with Crippen LogP contribution in [0.15, 0.2) is 48.5 Å². The molecule has 1 aromatic heterocycles. The van der Waals surface area contributed by atoms with E-state index in [9.17, 15) is 9.90 Å². The summed E-state index contributed by atoms with van der Waals surface area (Å²) in [4.78, 5) is 15.6. The number of aromatic carboxylic acids is 1. The first-order chi connectivity index (χ1) is 9.66. The number of hydrogen-bond acceptors (Lipinski definition) is 2. The highest BCUT2D eigenvalue weighted by atomic mass is 16.4. The zero-order valence-electron chi connectivity index (χ0n) is 11.1. The molecule has 4 nitrogen and oxygen atoms in total. The first-order valence-electron chi connectivity index (χ1n) is 6.40. The molecule has 3 rings (SSSR count). The van der Waals surface area contributed by atoms with Crippen LogP contribution in [-0.4, -0.2) is 20.6 Å². The molecule has 0 unspecified atom stereocenters. The predicted molar refractivity (Wildman–Crippen MR) is 77.0 cm³/mol. The van der Waals surface area contributed by atoms with E-state index in [2.05, 4.69) is 4.98 Å². The van der Waals surface area contributed by atoms with Gasteiger partial charge in [-0.25, -0.2) is 9.78 Å². The van der Waals surface area contributed by atoms with E-state index >= 15 is 0 Å². The molecule has 0 amide bonds. The van der Waals surface area contributed by atoms with Crippen LogP contribution in [0.3, 0.4) is 0 Å². The highest BCUT2D eigenvalue weighted by Gasteiger charge is 2.16. The van der Waals surface area contributed by atoms with Crippen LogP contribution < -0.4 is 0 Å². The molecule has 0 saturated heterocycles. The number of carboxylic acid groups (broad SMARTS) is 1. The fourth-order valence-corrected chi connectivity index (χ4v) is 2.36. The highest BCUT2D eigenvalue weighted by molar-refractivity contribution is 5.89. The van der Waals surface area contributed by atoms with E-state index in [1.807, 2.05) is 55.5 Å². The third-order valence-electron chi connectivity index (χ3n) is 3.44. The summed E-state index contributed by atoms with van der Waals surface area (Å²) in [5, 5.41) is 9.33. The molecule has 100 valence electrons. The van der Waals surface area contributed by atoms with Crippen molar-refractivity contribution in [3.05, 3.63) is 65.5 Å². The molecule has 0 saturated carbocycles. The minimum atomic E-state index is -1.00. The maximum absolute atomic E-state index is 11.4. The van der Waals surface area contributed by atoms with E-state index in [4.69, 9.17) is 0 Å². The van der Waals surface area contributed by atoms with Gasteiger partial charge in [0.15, 0.2) is 0 Å². The van der Waals surface area contributed by atoms with Crippen molar-refractivity contribution in [3.63, 3.8) is 0 Å². The molecule has 2 aromatic carbocycles.